The van der Waals surface area contributed by atoms with Crippen molar-refractivity contribution in [2.24, 2.45) is 0 Å². The van der Waals surface area contributed by atoms with Gasteiger partial charge in [0.15, 0.2) is 0 Å². The number of aryl methyl sites for hydroxylation is 2. The summed E-state index contributed by atoms with van der Waals surface area (Å²) in [5.74, 6) is -0.662. The number of hydrogen-bond donors (Lipinski definition) is 1. The normalized spacial score (nSPS) is 11.3. The van der Waals surface area contributed by atoms with Crippen molar-refractivity contribution in [3.8, 4) is 0 Å². The van der Waals surface area contributed by atoms with Gasteiger partial charge in [-0.1, -0.05) is 11.6 Å². The molecule has 106 valence electrons. The predicted molar refractivity (Wildman–Crippen MR) is 79.9 cm³/mol. The highest BCUT2D eigenvalue weighted by atomic mass is 35.5. The second-order valence-electron chi connectivity index (χ2n) is 4.34. The molecular formula is C13H12ClNO3S2. The Morgan fingerprint density at radius 2 is 1.95 bits per heavy atom. The SMILES string of the molecule is Cc1csc(S(=O)(=O)NC(=O)c2ccc(Cl)cc2C)c1. The summed E-state index contributed by atoms with van der Waals surface area (Å²) in [5, 5.41) is 2.21. The van der Waals surface area contributed by atoms with E-state index in [1.807, 2.05) is 0 Å². The number of thiophene rings is 1. The van der Waals surface area contributed by atoms with Crippen LogP contribution in [0.15, 0.2) is 33.9 Å². The van der Waals surface area contributed by atoms with Crippen LogP contribution in [0.5, 0.6) is 0 Å². The van der Waals surface area contributed by atoms with Crippen LogP contribution >= 0.6 is 22.9 Å². The van der Waals surface area contributed by atoms with Gasteiger partial charge in [0.05, 0.1) is 0 Å². The van der Waals surface area contributed by atoms with E-state index in [1.54, 1.807) is 31.4 Å². The topological polar surface area (TPSA) is 63.2 Å². The molecule has 1 N–H and O–H groups in total. The van der Waals surface area contributed by atoms with Crippen molar-refractivity contribution in [3.63, 3.8) is 0 Å². The molecule has 0 bridgehead atoms. The fourth-order valence-corrected chi connectivity index (χ4v) is 4.08. The zero-order chi connectivity index (χ0) is 14.9. The molecule has 1 amide bonds. The van der Waals surface area contributed by atoms with Crippen LogP contribution in [0, 0.1) is 13.8 Å². The molecule has 1 heterocycles. The molecule has 0 saturated carbocycles. The van der Waals surface area contributed by atoms with Crippen LogP contribution < -0.4 is 4.72 Å². The third-order valence-corrected chi connectivity index (χ3v) is 5.76. The van der Waals surface area contributed by atoms with Crippen molar-refractivity contribution < 1.29 is 13.2 Å². The quantitative estimate of drug-likeness (QED) is 0.941. The number of carbonyl (C=O) groups is 1. The van der Waals surface area contributed by atoms with Gasteiger partial charge in [-0.3, -0.25) is 4.79 Å². The molecule has 0 radical (unpaired) electrons. The van der Waals surface area contributed by atoms with Crippen molar-refractivity contribution >= 4 is 38.9 Å². The van der Waals surface area contributed by atoms with E-state index in [0.29, 0.717) is 10.6 Å². The molecule has 0 saturated heterocycles. The molecule has 1 aromatic heterocycles. The number of benzene rings is 1. The van der Waals surface area contributed by atoms with E-state index < -0.39 is 15.9 Å². The molecule has 0 atom stereocenters. The lowest BCUT2D eigenvalue weighted by molar-refractivity contribution is 0.0981. The number of halogens is 1. The number of sulfonamides is 1. The number of carbonyl (C=O) groups excluding carboxylic acids is 1. The fraction of sp³-hybridized carbons (Fsp3) is 0.154. The minimum Gasteiger partial charge on any atom is -0.268 e. The maximum absolute atomic E-state index is 12.1. The molecule has 0 aliphatic carbocycles. The van der Waals surface area contributed by atoms with Crippen LogP contribution in [-0.4, -0.2) is 14.3 Å². The third kappa shape index (κ3) is 3.20. The second-order valence-corrected chi connectivity index (χ2v) is 7.59. The maximum atomic E-state index is 12.1. The van der Waals surface area contributed by atoms with E-state index in [-0.39, 0.29) is 9.77 Å². The Morgan fingerprint density at radius 3 is 2.50 bits per heavy atom. The molecule has 0 aliphatic rings. The largest absolute Gasteiger partial charge is 0.273 e. The van der Waals surface area contributed by atoms with Gasteiger partial charge in [-0.15, -0.1) is 11.3 Å². The molecule has 2 rings (SSSR count). The fourth-order valence-electron chi connectivity index (χ4n) is 1.66. The predicted octanol–water partition coefficient (Wildman–Crippen LogP) is 3.14. The van der Waals surface area contributed by atoms with Gasteiger partial charge in [0, 0.05) is 10.6 Å². The first-order valence-electron chi connectivity index (χ1n) is 5.68. The lowest BCUT2D eigenvalue weighted by Crippen LogP contribution is -2.30. The Bertz CT molecular complexity index is 766. The maximum Gasteiger partial charge on any atom is 0.273 e. The average molecular weight is 330 g/mol. The number of hydrogen-bond acceptors (Lipinski definition) is 4. The van der Waals surface area contributed by atoms with Crippen molar-refractivity contribution in [2.45, 2.75) is 18.1 Å². The van der Waals surface area contributed by atoms with Gasteiger partial charge in [-0.25, -0.2) is 13.1 Å². The molecule has 1 aromatic carbocycles. The summed E-state index contributed by atoms with van der Waals surface area (Å²) in [6.07, 6.45) is 0. The van der Waals surface area contributed by atoms with Gasteiger partial charge < -0.3 is 0 Å². The molecule has 0 spiro atoms. The van der Waals surface area contributed by atoms with E-state index in [4.69, 9.17) is 11.6 Å². The van der Waals surface area contributed by atoms with Gasteiger partial charge in [-0.2, -0.15) is 0 Å². The molecule has 0 aliphatic heterocycles. The Hall–Kier alpha value is -1.37. The first-order chi connectivity index (χ1) is 9.29. The summed E-state index contributed by atoms with van der Waals surface area (Å²) < 4.78 is 26.3. The van der Waals surface area contributed by atoms with E-state index >= 15 is 0 Å². The highest BCUT2D eigenvalue weighted by Crippen LogP contribution is 2.20. The number of rotatable bonds is 3. The van der Waals surface area contributed by atoms with E-state index in [9.17, 15) is 13.2 Å². The van der Waals surface area contributed by atoms with Crippen LogP contribution in [0.25, 0.3) is 0 Å². The first kappa shape index (κ1) is 15.0. The lowest BCUT2D eigenvalue weighted by atomic mass is 10.1. The smallest absolute Gasteiger partial charge is 0.268 e. The molecular weight excluding hydrogens is 318 g/mol. The van der Waals surface area contributed by atoms with Gasteiger partial charge >= 0.3 is 0 Å². The highest BCUT2D eigenvalue weighted by Gasteiger charge is 2.21. The van der Waals surface area contributed by atoms with Crippen LogP contribution in [0.1, 0.15) is 21.5 Å². The molecule has 7 heteroatoms. The van der Waals surface area contributed by atoms with E-state index in [1.165, 1.54) is 12.1 Å². The number of nitrogens with one attached hydrogen (secondary N) is 1. The lowest BCUT2D eigenvalue weighted by Gasteiger charge is -2.07. The standard InChI is InChI=1S/C13H12ClNO3S2/c1-8-5-12(19-7-8)20(17,18)15-13(16)11-4-3-10(14)6-9(11)2/h3-7H,1-2H3,(H,15,16). The van der Waals surface area contributed by atoms with Crippen LogP contribution in [0.3, 0.4) is 0 Å². The van der Waals surface area contributed by atoms with Crippen molar-refractivity contribution in [3.05, 3.63) is 51.4 Å². The van der Waals surface area contributed by atoms with Gasteiger partial charge in [0.25, 0.3) is 15.9 Å². The summed E-state index contributed by atoms with van der Waals surface area (Å²) in [6, 6.07) is 6.18. The van der Waals surface area contributed by atoms with Gasteiger partial charge in [0.1, 0.15) is 4.21 Å². The minimum atomic E-state index is -3.83. The Labute approximate surface area is 126 Å². The third-order valence-electron chi connectivity index (χ3n) is 2.63. The minimum absolute atomic E-state index is 0.120. The molecule has 20 heavy (non-hydrogen) atoms. The number of amides is 1. The Morgan fingerprint density at radius 1 is 1.25 bits per heavy atom. The molecule has 2 aromatic rings. The van der Waals surface area contributed by atoms with Crippen molar-refractivity contribution in [1.29, 1.82) is 0 Å². The summed E-state index contributed by atoms with van der Waals surface area (Å²) in [6.45, 7) is 3.49. The van der Waals surface area contributed by atoms with Gasteiger partial charge in [0.2, 0.25) is 0 Å². The summed E-state index contributed by atoms with van der Waals surface area (Å²) in [4.78, 5) is 12.0. The van der Waals surface area contributed by atoms with Crippen molar-refractivity contribution in [1.82, 2.24) is 4.72 Å². The Kier molecular flexibility index (Phi) is 4.17. The van der Waals surface area contributed by atoms with Gasteiger partial charge in [-0.05, 0) is 54.6 Å². The van der Waals surface area contributed by atoms with E-state index in [0.717, 1.165) is 16.9 Å². The molecule has 0 fully saturated rings. The molecule has 0 unspecified atom stereocenters. The van der Waals surface area contributed by atoms with Crippen LogP contribution in [0.4, 0.5) is 0 Å². The first-order valence-corrected chi connectivity index (χ1v) is 8.42. The second kappa shape index (κ2) is 5.55. The molecule has 4 nitrogen and oxygen atoms in total. The van der Waals surface area contributed by atoms with Crippen LogP contribution in [0.2, 0.25) is 5.02 Å². The highest BCUT2D eigenvalue weighted by molar-refractivity contribution is 7.92. The Balaban J connectivity index is 2.27. The summed E-state index contributed by atoms with van der Waals surface area (Å²) >= 11 is 6.88. The zero-order valence-electron chi connectivity index (χ0n) is 10.8. The zero-order valence-corrected chi connectivity index (χ0v) is 13.2. The average Bonchev–Trinajstić information content (AvgIpc) is 2.75. The summed E-state index contributed by atoms with van der Waals surface area (Å²) in [7, 11) is -3.83. The van der Waals surface area contributed by atoms with E-state index in [2.05, 4.69) is 4.72 Å². The monoisotopic (exact) mass is 329 g/mol. The van der Waals surface area contributed by atoms with Crippen LogP contribution in [-0.2, 0) is 10.0 Å². The summed E-state index contributed by atoms with van der Waals surface area (Å²) in [5.41, 5.74) is 1.74. The van der Waals surface area contributed by atoms with Crippen molar-refractivity contribution in [2.75, 3.05) is 0 Å².